The van der Waals surface area contributed by atoms with Crippen LogP contribution in [0.3, 0.4) is 0 Å². The zero-order valence-electron chi connectivity index (χ0n) is 8.56. The molecule has 0 saturated heterocycles. The van der Waals surface area contributed by atoms with Crippen LogP contribution in [0.15, 0.2) is 6.07 Å². The molecule has 0 spiro atoms. The smallest absolute Gasteiger partial charge is 0.214 e. The number of aromatic nitrogens is 5. The van der Waals surface area contributed by atoms with Crippen LogP contribution in [-0.4, -0.2) is 24.7 Å². The number of nitrogens with two attached hydrogens (primary N) is 1. The molecule has 0 atom stereocenters. The van der Waals surface area contributed by atoms with Gasteiger partial charge in [-0.1, -0.05) is 0 Å². The standard InChI is InChI=1S/C8H12N6S/c1-3-13-5(2)4-6(12-13)7-10-11-8(15)14(7)9/h4H,3,9H2,1-2H3,(H,11,15). The molecule has 0 aliphatic rings. The molecule has 6 nitrogen and oxygen atoms in total. The van der Waals surface area contributed by atoms with Crippen molar-refractivity contribution in [1.29, 1.82) is 0 Å². The minimum Gasteiger partial charge on any atom is -0.335 e. The number of rotatable bonds is 2. The summed E-state index contributed by atoms with van der Waals surface area (Å²) in [5, 5.41) is 11.0. The highest BCUT2D eigenvalue weighted by Crippen LogP contribution is 2.14. The SMILES string of the molecule is CCn1nc(-c2n[nH]c(=S)n2N)cc1C. The van der Waals surface area contributed by atoms with E-state index in [1.54, 1.807) is 0 Å². The fraction of sp³-hybridized carbons (Fsp3) is 0.375. The van der Waals surface area contributed by atoms with Gasteiger partial charge in [0.25, 0.3) is 0 Å². The summed E-state index contributed by atoms with van der Waals surface area (Å²) in [4.78, 5) is 0. The summed E-state index contributed by atoms with van der Waals surface area (Å²) in [5.41, 5.74) is 1.80. The fourth-order valence-corrected chi connectivity index (χ4v) is 1.56. The number of hydrogen-bond acceptors (Lipinski definition) is 4. The van der Waals surface area contributed by atoms with E-state index in [-0.39, 0.29) is 0 Å². The molecule has 2 aromatic rings. The van der Waals surface area contributed by atoms with Gasteiger partial charge in [0.1, 0.15) is 5.69 Å². The van der Waals surface area contributed by atoms with Gasteiger partial charge in [-0.2, -0.15) is 10.2 Å². The van der Waals surface area contributed by atoms with E-state index in [0.29, 0.717) is 10.6 Å². The molecule has 0 bridgehead atoms. The summed E-state index contributed by atoms with van der Waals surface area (Å²) >= 11 is 4.93. The predicted octanol–water partition coefficient (Wildman–Crippen LogP) is 0.846. The van der Waals surface area contributed by atoms with Gasteiger partial charge in [0, 0.05) is 12.2 Å². The lowest BCUT2D eigenvalue weighted by Crippen LogP contribution is -2.10. The Labute approximate surface area is 91.7 Å². The van der Waals surface area contributed by atoms with E-state index in [1.165, 1.54) is 4.68 Å². The van der Waals surface area contributed by atoms with E-state index in [2.05, 4.69) is 15.3 Å². The molecule has 0 fully saturated rings. The van der Waals surface area contributed by atoms with Gasteiger partial charge in [-0.3, -0.25) is 4.68 Å². The molecule has 15 heavy (non-hydrogen) atoms. The second kappa shape index (κ2) is 3.50. The molecule has 0 aliphatic carbocycles. The topological polar surface area (TPSA) is 77.5 Å². The Bertz CT molecular complexity index is 534. The van der Waals surface area contributed by atoms with Crippen molar-refractivity contribution in [2.24, 2.45) is 0 Å². The molecule has 80 valence electrons. The first-order valence-electron chi connectivity index (χ1n) is 4.60. The number of aryl methyl sites for hydroxylation is 2. The lowest BCUT2D eigenvalue weighted by Gasteiger charge is -1.96. The summed E-state index contributed by atoms with van der Waals surface area (Å²) < 4.78 is 3.58. The van der Waals surface area contributed by atoms with Gasteiger partial charge in [-0.05, 0) is 32.1 Å². The molecule has 7 heteroatoms. The van der Waals surface area contributed by atoms with Crippen molar-refractivity contribution in [3.8, 4) is 11.5 Å². The van der Waals surface area contributed by atoms with E-state index in [9.17, 15) is 0 Å². The van der Waals surface area contributed by atoms with Gasteiger partial charge < -0.3 is 5.84 Å². The molecule has 0 amide bonds. The summed E-state index contributed by atoms with van der Waals surface area (Å²) in [7, 11) is 0. The maximum absolute atomic E-state index is 5.70. The van der Waals surface area contributed by atoms with Crippen LogP contribution in [-0.2, 0) is 6.54 Å². The Balaban J connectivity index is 2.54. The fourth-order valence-electron chi connectivity index (χ4n) is 1.42. The van der Waals surface area contributed by atoms with Gasteiger partial charge >= 0.3 is 0 Å². The van der Waals surface area contributed by atoms with Crippen LogP contribution in [0.25, 0.3) is 11.5 Å². The van der Waals surface area contributed by atoms with Crippen molar-refractivity contribution >= 4 is 12.2 Å². The Kier molecular flexibility index (Phi) is 2.31. The summed E-state index contributed by atoms with van der Waals surface area (Å²) in [6.07, 6.45) is 0. The zero-order chi connectivity index (χ0) is 11.0. The second-order valence-electron chi connectivity index (χ2n) is 3.21. The Hall–Kier alpha value is -1.63. The Morgan fingerprint density at radius 1 is 1.60 bits per heavy atom. The van der Waals surface area contributed by atoms with Crippen LogP contribution >= 0.6 is 12.2 Å². The first kappa shape index (κ1) is 9.91. The van der Waals surface area contributed by atoms with Crippen molar-refractivity contribution in [3.05, 3.63) is 16.5 Å². The third-order valence-electron chi connectivity index (χ3n) is 2.21. The quantitative estimate of drug-likeness (QED) is 0.585. The van der Waals surface area contributed by atoms with Gasteiger partial charge in [0.15, 0.2) is 0 Å². The van der Waals surface area contributed by atoms with Crippen molar-refractivity contribution in [2.75, 3.05) is 5.84 Å². The Morgan fingerprint density at radius 3 is 2.80 bits per heavy atom. The van der Waals surface area contributed by atoms with E-state index in [1.807, 2.05) is 24.6 Å². The van der Waals surface area contributed by atoms with Crippen molar-refractivity contribution in [1.82, 2.24) is 24.7 Å². The first-order chi connectivity index (χ1) is 7.13. The van der Waals surface area contributed by atoms with E-state index in [4.69, 9.17) is 18.1 Å². The van der Waals surface area contributed by atoms with Crippen LogP contribution in [0, 0.1) is 11.7 Å². The van der Waals surface area contributed by atoms with Crippen LogP contribution in [0.5, 0.6) is 0 Å². The molecule has 0 aromatic carbocycles. The normalized spacial score (nSPS) is 10.8. The monoisotopic (exact) mass is 224 g/mol. The molecular weight excluding hydrogens is 212 g/mol. The van der Waals surface area contributed by atoms with Gasteiger partial charge in [-0.25, -0.2) is 9.77 Å². The molecule has 0 unspecified atom stereocenters. The van der Waals surface area contributed by atoms with Crippen LogP contribution in [0.1, 0.15) is 12.6 Å². The van der Waals surface area contributed by atoms with Crippen molar-refractivity contribution < 1.29 is 0 Å². The predicted molar refractivity (Wildman–Crippen MR) is 59.2 cm³/mol. The number of nitrogens with one attached hydrogen (secondary N) is 1. The molecule has 2 rings (SSSR count). The van der Waals surface area contributed by atoms with Crippen molar-refractivity contribution in [2.45, 2.75) is 20.4 Å². The highest BCUT2D eigenvalue weighted by Gasteiger charge is 2.11. The van der Waals surface area contributed by atoms with Gasteiger partial charge in [0.2, 0.25) is 10.6 Å². The molecule has 2 heterocycles. The molecule has 0 aliphatic heterocycles. The summed E-state index contributed by atoms with van der Waals surface area (Å²) in [5.74, 6) is 6.26. The van der Waals surface area contributed by atoms with Gasteiger partial charge in [0.05, 0.1) is 0 Å². The van der Waals surface area contributed by atoms with Crippen molar-refractivity contribution in [3.63, 3.8) is 0 Å². The van der Waals surface area contributed by atoms with E-state index >= 15 is 0 Å². The molecule has 2 aromatic heterocycles. The highest BCUT2D eigenvalue weighted by molar-refractivity contribution is 7.71. The molecule has 3 N–H and O–H groups in total. The lowest BCUT2D eigenvalue weighted by molar-refractivity contribution is 0.640. The third kappa shape index (κ3) is 1.54. The van der Waals surface area contributed by atoms with Gasteiger partial charge in [-0.15, -0.1) is 0 Å². The molecule has 0 radical (unpaired) electrons. The number of nitrogen functional groups attached to an aromatic ring is 1. The van der Waals surface area contributed by atoms with E-state index < -0.39 is 0 Å². The first-order valence-corrected chi connectivity index (χ1v) is 5.01. The number of H-pyrrole nitrogens is 1. The average Bonchev–Trinajstić information content (AvgIpc) is 2.72. The highest BCUT2D eigenvalue weighted by atomic mass is 32.1. The van der Waals surface area contributed by atoms with Crippen LogP contribution in [0.2, 0.25) is 0 Å². The number of hydrogen-bond donors (Lipinski definition) is 2. The third-order valence-corrected chi connectivity index (χ3v) is 2.50. The number of aromatic amines is 1. The maximum atomic E-state index is 5.70. The average molecular weight is 224 g/mol. The Morgan fingerprint density at radius 2 is 2.33 bits per heavy atom. The van der Waals surface area contributed by atoms with Crippen LogP contribution < -0.4 is 5.84 Å². The van der Waals surface area contributed by atoms with E-state index in [0.717, 1.165) is 17.9 Å². The molecular formula is C8H12N6S. The summed E-state index contributed by atoms with van der Waals surface area (Å²) in [6.45, 7) is 4.84. The lowest BCUT2D eigenvalue weighted by atomic mass is 10.3. The van der Waals surface area contributed by atoms with Crippen LogP contribution in [0.4, 0.5) is 0 Å². The number of nitrogens with zero attached hydrogens (tertiary/aromatic N) is 4. The zero-order valence-corrected chi connectivity index (χ0v) is 9.38. The minimum atomic E-state index is 0.383. The largest absolute Gasteiger partial charge is 0.335 e. The minimum absolute atomic E-state index is 0.383. The summed E-state index contributed by atoms with van der Waals surface area (Å²) in [6, 6.07) is 1.93. The molecule has 0 saturated carbocycles. The maximum Gasteiger partial charge on any atom is 0.214 e. The second-order valence-corrected chi connectivity index (χ2v) is 3.60.